The SMILES string of the molecule is CCCCNC(=O)C(C)N(Cc1cccc(OC)c1)C(=O)CN(c1cccc(Br)c1)S(C)(=O)=O. The Bertz CT molecular complexity index is 1090. The third kappa shape index (κ3) is 8.02. The average Bonchev–Trinajstić information content (AvgIpc) is 2.79. The quantitative estimate of drug-likeness (QED) is 0.405. The first-order valence-electron chi connectivity index (χ1n) is 11.0. The number of nitrogens with zero attached hydrogens (tertiary/aromatic N) is 2. The summed E-state index contributed by atoms with van der Waals surface area (Å²) in [4.78, 5) is 27.7. The van der Waals surface area contributed by atoms with Crippen molar-refractivity contribution in [2.75, 3.05) is 30.8 Å². The van der Waals surface area contributed by atoms with Gasteiger partial charge in [-0.3, -0.25) is 13.9 Å². The van der Waals surface area contributed by atoms with Crippen LogP contribution in [0.3, 0.4) is 0 Å². The van der Waals surface area contributed by atoms with E-state index >= 15 is 0 Å². The molecule has 0 radical (unpaired) electrons. The third-order valence-corrected chi connectivity index (χ3v) is 6.89. The Morgan fingerprint density at radius 3 is 2.47 bits per heavy atom. The lowest BCUT2D eigenvalue weighted by Gasteiger charge is -2.31. The van der Waals surface area contributed by atoms with Gasteiger partial charge >= 0.3 is 0 Å². The monoisotopic (exact) mass is 553 g/mol. The summed E-state index contributed by atoms with van der Waals surface area (Å²) in [5.74, 6) is -0.165. The van der Waals surface area contributed by atoms with Gasteiger partial charge in [0.2, 0.25) is 21.8 Å². The maximum absolute atomic E-state index is 13.5. The van der Waals surface area contributed by atoms with Gasteiger partial charge in [0.25, 0.3) is 0 Å². The number of hydrogen-bond acceptors (Lipinski definition) is 5. The van der Waals surface area contributed by atoms with E-state index in [4.69, 9.17) is 4.74 Å². The topological polar surface area (TPSA) is 96.0 Å². The largest absolute Gasteiger partial charge is 0.497 e. The normalized spacial score (nSPS) is 12.0. The average molecular weight is 555 g/mol. The van der Waals surface area contributed by atoms with E-state index in [1.54, 1.807) is 56.5 Å². The second kappa shape index (κ2) is 12.8. The number of anilines is 1. The van der Waals surface area contributed by atoms with Crippen molar-refractivity contribution in [3.8, 4) is 5.75 Å². The van der Waals surface area contributed by atoms with E-state index in [0.29, 0.717) is 22.5 Å². The van der Waals surface area contributed by atoms with Crippen molar-refractivity contribution >= 4 is 43.5 Å². The molecule has 1 N–H and O–H groups in total. The maximum atomic E-state index is 13.5. The number of methoxy groups -OCH3 is 1. The number of carbonyl (C=O) groups excluding carboxylic acids is 2. The zero-order valence-electron chi connectivity index (χ0n) is 20.0. The van der Waals surface area contributed by atoms with E-state index < -0.39 is 28.5 Å². The van der Waals surface area contributed by atoms with Crippen molar-refractivity contribution in [2.45, 2.75) is 39.3 Å². The summed E-state index contributed by atoms with van der Waals surface area (Å²) in [7, 11) is -2.22. The highest BCUT2D eigenvalue weighted by atomic mass is 79.9. The Hall–Kier alpha value is -2.59. The lowest BCUT2D eigenvalue weighted by atomic mass is 10.1. The molecule has 0 aromatic heterocycles. The van der Waals surface area contributed by atoms with Crippen molar-refractivity contribution in [3.63, 3.8) is 0 Å². The second-order valence-corrected chi connectivity index (χ2v) is 10.8. The highest BCUT2D eigenvalue weighted by Crippen LogP contribution is 2.23. The molecule has 8 nitrogen and oxygen atoms in total. The number of ether oxygens (including phenoxy) is 1. The van der Waals surface area contributed by atoms with Crippen molar-refractivity contribution in [3.05, 3.63) is 58.6 Å². The van der Waals surface area contributed by atoms with Crippen LogP contribution in [0.15, 0.2) is 53.0 Å². The second-order valence-electron chi connectivity index (χ2n) is 7.94. The minimum atomic E-state index is -3.77. The van der Waals surface area contributed by atoms with Gasteiger partial charge in [-0.15, -0.1) is 0 Å². The minimum Gasteiger partial charge on any atom is -0.497 e. The minimum absolute atomic E-state index is 0.120. The molecule has 2 aromatic carbocycles. The van der Waals surface area contributed by atoms with Crippen molar-refractivity contribution in [1.29, 1.82) is 0 Å². The molecule has 0 aliphatic rings. The van der Waals surface area contributed by atoms with Crippen molar-refractivity contribution in [1.82, 2.24) is 10.2 Å². The highest BCUT2D eigenvalue weighted by molar-refractivity contribution is 9.10. The Labute approximate surface area is 210 Å². The Morgan fingerprint density at radius 1 is 1.15 bits per heavy atom. The molecule has 0 aliphatic carbocycles. The van der Waals surface area contributed by atoms with Crippen LogP contribution in [0.4, 0.5) is 5.69 Å². The number of hydrogen-bond donors (Lipinski definition) is 1. The molecule has 1 unspecified atom stereocenters. The van der Waals surface area contributed by atoms with E-state index in [1.165, 1.54) is 4.90 Å². The number of carbonyl (C=O) groups is 2. The van der Waals surface area contributed by atoms with Crippen LogP contribution in [-0.4, -0.2) is 57.6 Å². The van der Waals surface area contributed by atoms with Crippen LogP contribution < -0.4 is 14.4 Å². The van der Waals surface area contributed by atoms with Crippen LogP contribution in [0.1, 0.15) is 32.3 Å². The van der Waals surface area contributed by atoms with Gasteiger partial charge in [0.15, 0.2) is 0 Å². The van der Waals surface area contributed by atoms with Gasteiger partial charge in [-0.25, -0.2) is 8.42 Å². The van der Waals surface area contributed by atoms with Gasteiger partial charge < -0.3 is 15.0 Å². The highest BCUT2D eigenvalue weighted by Gasteiger charge is 2.30. The molecule has 0 fully saturated rings. The van der Waals surface area contributed by atoms with Gasteiger partial charge in [0.1, 0.15) is 18.3 Å². The lowest BCUT2D eigenvalue weighted by molar-refractivity contribution is -0.139. The van der Waals surface area contributed by atoms with Crippen LogP contribution in [0.5, 0.6) is 5.75 Å². The summed E-state index contributed by atoms with van der Waals surface area (Å²) in [5, 5.41) is 2.85. The van der Waals surface area contributed by atoms with Crippen LogP contribution in [0, 0.1) is 0 Å². The predicted octanol–water partition coefficient (Wildman–Crippen LogP) is 3.56. The molecule has 0 bridgehead atoms. The van der Waals surface area contributed by atoms with Gasteiger partial charge in [-0.05, 0) is 49.2 Å². The maximum Gasteiger partial charge on any atom is 0.244 e. The molecule has 2 amide bonds. The van der Waals surface area contributed by atoms with Gasteiger partial charge in [-0.1, -0.05) is 47.5 Å². The van der Waals surface area contributed by atoms with E-state index in [0.717, 1.165) is 29.0 Å². The third-order valence-electron chi connectivity index (χ3n) is 5.26. The molecular weight excluding hydrogens is 522 g/mol. The van der Waals surface area contributed by atoms with Crippen LogP contribution in [-0.2, 0) is 26.2 Å². The first-order valence-corrected chi connectivity index (χ1v) is 13.6. The molecule has 0 spiro atoms. The Balaban J connectivity index is 2.36. The fourth-order valence-electron chi connectivity index (χ4n) is 3.33. The molecule has 1 atom stereocenters. The fraction of sp³-hybridized carbons (Fsp3) is 0.417. The summed E-state index contributed by atoms with van der Waals surface area (Å²) in [6.07, 6.45) is 2.80. The summed E-state index contributed by atoms with van der Waals surface area (Å²) in [6, 6.07) is 13.1. The van der Waals surface area contributed by atoms with Gasteiger partial charge in [0.05, 0.1) is 19.1 Å². The fourth-order valence-corrected chi connectivity index (χ4v) is 4.56. The summed E-state index contributed by atoms with van der Waals surface area (Å²) in [5.41, 5.74) is 1.11. The lowest BCUT2D eigenvalue weighted by Crippen LogP contribution is -2.51. The Kier molecular flexibility index (Phi) is 10.4. The van der Waals surface area contributed by atoms with Crippen LogP contribution >= 0.6 is 15.9 Å². The molecule has 10 heteroatoms. The van der Waals surface area contributed by atoms with E-state index in [2.05, 4.69) is 21.2 Å². The van der Waals surface area contributed by atoms with Gasteiger partial charge in [0, 0.05) is 17.6 Å². The summed E-state index contributed by atoms with van der Waals surface area (Å²) >= 11 is 3.34. The first-order chi connectivity index (χ1) is 16.1. The number of halogens is 1. The van der Waals surface area contributed by atoms with E-state index in [1.807, 2.05) is 13.0 Å². The number of rotatable bonds is 12. The zero-order valence-corrected chi connectivity index (χ0v) is 22.4. The smallest absolute Gasteiger partial charge is 0.244 e. The van der Waals surface area contributed by atoms with Crippen LogP contribution in [0.25, 0.3) is 0 Å². The van der Waals surface area contributed by atoms with Gasteiger partial charge in [-0.2, -0.15) is 0 Å². The number of amides is 2. The molecule has 2 aromatic rings. The Morgan fingerprint density at radius 2 is 1.85 bits per heavy atom. The molecule has 34 heavy (non-hydrogen) atoms. The van der Waals surface area contributed by atoms with E-state index in [-0.39, 0.29) is 12.5 Å². The van der Waals surface area contributed by atoms with E-state index in [9.17, 15) is 18.0 Å². The molecule has 0 aliphatic heterocycles. The zero-order chi connectivity index (χ0) is 25.3. The molecule has 2 rings (SSSR count). The number of unbranched alkanes of at least 4 members (excludes halogenated alkanes) is 1. The van der Waals surface area contributed by atoms with Crippen molar-refractivity contribution in [2.24, 2.45) is 0 Å². The standard InChI is InChI=1S/C24H32BrN3O5S/c1-5-6-13-26-24(30)18(2)27(16-19-9-7-12-22(14-19)33-3)23(29)17-28(34(4,31)32)21-11-8-10-20(25)15-21/h7-12,14-15,18H,5-6,13,16-17H2,1-4H3,(H,26,30). The summed E-state index contributed by atoms with van der Waals surface area (Å²) in [6.45, 7) is 3.86. The van der Waals surface area contributed by atoms with Crippen molar-refractivity contribution < 1.29 is 22.7 Å². The predicted molar refractivity (Wildman–Crippen MR) is 137 cm³/mol. The first kappa shape index (κ1) is 27.7. The molecule has 0 saturated heterocycles. The number of nitrogens with one attached hydrogen (secondary N) is 1. The number of sulfonamides is 1. The molecule has 0 heterocycles. The molecule has 0 saturated carbocycles. The molecular formula is C24H32BrN3O5S. The molecule has 186 valence electrons. The van der Waals surface area contributed by atoms with Crippen LogP contribution in [0.2, 0.25) is 0 Å². The number of benzene rings is 2. The summed E-state index contributed by atoms with van der Waals surface area (Å²) < 4.78 is 32.1.